The Bertz CT molecular complexity index is 834. The Morgan fingerprint density at radius 3 is 2.75 bits per heavy atom. The molecule has 0 fully saturated rings. The molecule has 0 saturated carbocycles. The van der Waals surface area contributed by atoms with Crippen LogP contribution in [0, 0.1) is 0 Å². The molecule has 24 heavy (non-hydrogen) atoms. The molecule has 7 heteroatoms. The first-order valence-electron chi connectivity index (χ1n) is 7.69. The van der Waals surface area contributed by atoms with Crippen LogP contribution in [0.5, 0.6) is 11.5 Å². The fourth-order valence-corrected chi connectivity index (χ4v) is 2.72. The molecule has 0 aliphatic carbocycles. The van der Waals surface area contributed by atoms with Gasteiger partial charge in [0.25, 0.3) is 0 Å². The molecular formula is C17H17N5O2. The smallest absolute Gasteiger partial charge is 0.231 e. The lowest BCUT2D eigenvalue weighted by Gasteiger charge is -2.16. The molecule has 2 heterocycles. The third-order valence-corrected chi connectivity index (χ3v) is 3.84. The van der Waals surface area contributed by atoms with E-state index >= 15 is 0 Å². The Morgan fingerprint density at radius 2 is 1.88 bits per heavy atom. The average molecular weight is 323 g/mol. The number of rotatable bonds is 5. The van der Waals surface area contributed by atoms with E-state index in [2.05, 4.69) is 20.4 Å². The van der Waals surface area contributed by atoms with E-state index in [1.807, 2.05) is 55.6 Å². The molecule has 0 unspecified atom stereocenters. The minimum absolute atomic E-state index is 0.292. The van der Waals surface area contributed by atoms with Gasteiger partial charge in [0, 0.05) is 6.54 Å². The summed E-state index contributed by atoms with van der Waals surface area (Å²) in [5, 5.41) is 12.0. The molecule has 0 atom stereocenters. The number of fused-ring (bicyclic) bond motifs is 1. The molecule has 1 aliphatic rings. The number of nitrogens with zero attached hydrogens (tertiary/aromatic N) is 5. The minimum Gasteiger partial charge on any atom is -0.454 e. The Balaban J connectivity index is 1.47. The van der Waals surface area contributed by atoms with Gasteiger partial charge >= 0.3 is 0 Å². The fraction of sp³-hybridized carbons (Fsp3) is 0.235. The van der Waals surface area contributed by atoms with Crippen LogP contribution in [0.2, 0.25) is 0 Å². The highest BCUT2D eigenvalue weighted by molar-refractivity contribution is 5.44. The largest absolute Gasteiger partial charge is 0.454 e. The summed E-state index contributed by atoms with van der Waals surface area (Å²) >= 11 is 0. The van der Waals surface area contributed by atoms with E-state index in [1.165, 1.54) is 0 Å². The van der Waals surface area contributed by atoms with Crippen LogP contribution in [0.1, 0.15) is 11.4 Å². The van der Waals surface area contributed by atoms with E-state index in [-0.39, 0.29) is 0 Å². The van der Waals surface area contributed by atoms with Crippen LogP contribution in [0.15, 0.2) is 48.5 Å². The first-order chi connectivity index (χ1) is 11.8. The van der Waals surface area contributed by atoms with Crippen molar-refractivity contribution in [2.24, 2.45) is 0 Å². The van der Waals surface area contributed by atoms with Gasteiger partial charge in [-0.25, -0.2) is 0 Å². The predicted molar refractivity (Wildman–Crippen MR) is 86.9 cm³/mol. The predicted octanol–water partition coefficient (Wildman–Crippen LogP) is 2.02. The van der Waals surface area contributed by atoms with Gasteiger partial charge in [-0.15, -0.1) is 5.10 Å². The second-order valence-electron chi connectivity index (χ2n) is 5.70. The maximum atomic E-state index is 5.43. The maximum absolute atomic E-state index is 5.43. The number of hydrogen-bond donors (Lipinski definition) is 0. The van der Waals surface area contributed by atoms with Crippen molar-refractivity contribution >= 4 is 0 Å². The monoisotopic (exact) mass is 323 g/mol. The SMILES string of the molecule is CN(Cc1ccc2c(c1)OCO2)Cc1nnnn1-c1ccccc1. The quantitative estimate of drug-likeness (QED) is 0.716. The van der Waals surface area contributed by atoms with Gasteiger partial charge in [-0.1, -0.05) is 24.3 Å². The van der Waals surface area contributed by atoms with Gasteiger partial charge < -0.3 is 9.47 Å². The zero-order valence-corrected chi connectivity index (χ0v) is 13.3. The summed E-state index contributed by atoms with van der Waals surface area (Å²) in [6.07, 6.45) is 0. The highest BCUT2D eigenvalue weighted by Crippen LogP contribution is 2.32. The third-order valence-electron chi connectivity index (χ3n) is 3.84. The maximum Gasteiger partial charge on any atom is 0.231 e. The molecule has 1 aliphatic heterocycles. The molecular weight excluding hydrogens is 306 g/mol. The van der Waals surface area contributed by atoms with Gasteiger partial charge in [0.1, 0.15) is 0 Å². The highest BCUT2D eigenvalue weighted by atomic mass is 16.7. The Labute approximate surface area is 139 Å². The second-order valence-corrected chi connectivity index (χ2v) is 5.70. The van der Waals surface area contributed by atoms with Crippen molar-refractivity contribution < 1.29 is 9.47 Å². The van der Waals surface area contributed by atoms with Crippen molar-refractivity contribution in [1.82, 2.24) is 25.1 Å². The molecule has 7 nitrogen and oxygen atoms in total. The van der Waals surface area contributed by atoms with Crippen LogP contribution < -0.4 is 9.47 Å². The van der Waals surface area contributed by atoms with E-state index in [0.29, 0.717) is 13.3 Å². The summed E-state index contributed by atoms with van der Waals surface area (Å²) in [6, 6.07) is 15.9. The number of para-hydroxylation sites is 1. The standard InChI is InChI=1S/C17H17N5O2/c1-21(10-13-7-8-15-16(9-13)24-12-23-15)11-17-18-19-20-22(17)14-5-3-2-4-6-14/h2-9H,10-12H2,1H3. The summed E-state index contributed by atoms with van der Waals surface area (Å²) < 4.78 is 12.5. The van der Waals surface area contributed by atoms with E-state index in [4.69, 9.17) is 9.47 Å². The van der Waals surface area contributed by atoms with E-state index in [9.17, 15) is 0 Å². The van der Waals surface area contributed by atoms with Crippen LogP contribution in [-0.4, -0.2) is 38.9 Å². The Hall–Kier alpha value is -2.93. The lowest BCUT2D eigenvalue weighted by molar-refractivity contribution is 0.174. The van der Waals surface area contributed by atoms with Crippen molar-refractivity contribution in [2.75, 3.05) is 13.8 Å². The summed E-state index contributed by atoms with van der Waals surface area (Å²) in [5.74, 6) is 2.40. The molecule has 0 spiro atoms. The topological polar surface area (TPSA) is 65.3 Å². The normalized spacial score (nSPS) is 12.8. The highest BCUT2D eigenvalue weighted by Gasteiger charge is 2.15. The molecule has 122 valence electrons. The fourth-order valence-electron chi connectivity index (χ4n) is 2.72. The molecule has 0 amide bonds. The number of benzene rings is 2. The van der Waals surface area contributed by atoms with Crippen molar-refractivity contribution in [3.8, 4) is 17.2 Å². The molecule has 0 bridgehead atoms. The second kappa shape index (κ2) is 6.29. The van der Waals surface area contributed by atoms with Gasteiger partial charge in [-0.3, -0.25) is 4.90 Å². The van der Waals surface area contributed by atoms with E-state index in [0.717, 1.165) is 35.1 Å². The minimum atomic E-state index is 0.292. The lowest BCUT2D eigenvalue weighted by atomic mass is 10.2. The molecule has 0 N–H and O–H groups in total. The van der Waals surface area contributed by atoms with Crippen LogP contribution in [0.4, 0.5) is 0 Å². The van der Waals surface area contributed by atoms with Crippen molar-refractivity contribution in [3.05, 3.63) is 59.9 Å². The molecule has 4 rings (SSSR count). The molecule has 0 saturated heterocycles. The van der Waals surface area contributed by atoms with Gasteiger partial charge in [-0.2, -0.15) is 4.68 Å². The summed E-state index contributed by atoms with van der Waals surface area (Å²) in [5.41, 5.74) is 2.11. The first kappa shape index (κ1) is 14.6. The van der Waals surface area contributed by atoms with Crippen LogP contribution in [0.25, 0.3) is 5.69 Å². The van der Waals surface area contributed by atoms with Gasteiger partial charge in [-0.05, 0) is 47.3 Å². The van der Waals surface area contributed by atoms with E-state index < -0.39 is 0 Å². The Kier molecular flexibility index (Phi) is 3.84. The van der Waals surface area contributed by atoms with Crippen molar-refractivity contribution in [2.45, 2.75) is 13.1 Å². The number of tetrazole rings is 1. The molecule has 3 aromatic rings. The molecule has 0 radical (unpaired) electrons. The third kappa shape index (κ3) is 2.93. The van der Waals surface area contributed by atoms with Crippen LogP contribution >= 0.6 is 0 Å². The zero-order valence-electron chi connectivity index (χ0n) is 13.3. The first-order valence-corrected chi connectivity index (χ1v) is 7.69. The average Bonchev–Trinajstić information content (AvgIpc) is 3.24. The summed E-state index contributed by atoms with van der Waals surface area (Å²) in [4.78, 5) is 2.16. The van der Waals surface area contributed by atoms with Gasteiger partial charge in [0.05, 0.1) is 12.2 Å². The Morgan fingerprint density at radius 1 is 1.04 bits per heavy atom. The van der Waals surface area contributed by atoms with Crippen molar-refractivity contribution in [3.63, 3.8) is 0 Å². The number of hydrogen-bond acceptors (Lipinski definition) is 6. The van der Waals surface area contributed by atoms with Crippen molar-refractivity contribution in [1.29, 1.82) is 0 Å². The number of aromatic nitrogens is 4. The van der Waals surface area contributed by atoms with Crippen LogP contribution in [-0.2, 0) is 13.1 Å². The van der Waals surface area contributed by atoms with Gasteiger partial charge in [0.15, 0.2) is 17.3 Å². The lowest BCUT2D eigenvalue weighted by Crippen LogP contribution is -2.20. The molecule has 1 aromatic heterocycles. The summed E-state index contributed by atoms with van der Waals surface area (Å²) in [7, 11) is 2.04. The zero-order chi connectivity index (χ0) is 16.4. The number of ether oxygens (including phenoxy) is 2. The summed E-state index contributed by atoms with van der Waals surface area (Å²) in [6.45, 7) is 1.69. The van der Waals surface area contributed by atoms with Gasteiger partial charge in [0.2, 0.25) is 6.79 Å². The van der Waals surface area contributed by atoms with E-state index in [1.54, 1.807) is 4.68 Å². The van der Waals surface area contributed by atoms with Crippen LogP contribution in [0.3, 0.4) is 0 Å². The molecule has 2 aromatic carbocycles.